The fraction of sp³-hybridized carbons (Fsp3) is 0.429. The molecule has 0 aromatic heterocycles. The Hall–Kier alpha value is -1.49. The van der Waals surface area contributed by atoms with Crippen molar-refractivity contribution in [2.75, 3.05) is 20.6 Å². The summed E-state index contributed by atoms with van der Waals surface area (Å²) < 4.78 is 0. The third kappa shape index (κ3) is 5.34. The third-order valence-corrected chi connectivity index (χ3v) is 3.73. The Bertz CT molecular complexity index is 443. The number of carbonyl (C=O) groups excluding carboxylic acids is 2. The minimum Gasteiger partial charge on any atom is -0.347 e. The number of hydrogen-bond acceptors (Lipinski definition) is 3. The van der Waals surface area contributed by atoms with Crippen LogP contribution in [0.5, 0.6) is 0 Å². The lowest BCUT2D eigenvalue weighted by atomic mass is 10.2. The van der Waals surface area contributed by atoms with Crippen molar-refractivity contribution in [2.24, 2.45) is 0 Å². The molecule has 1 atom stereocenters. The van der Waals surface area contributed by atoms with Gasteiger partial charge in [0.25, 0.3) is 0 Å². The topological polar surface area (TPSA) is 49.4 Å². The molecule has 2 amide bonds. The molecule has 0 radical (unpaired) electrons. The van der Waals surface area contributed by atoms with Gasteiger partial charge in [-0.25, -0.2) is 0 Å². The van der Waals surface area contributed by atoms with Crippen LogP contribution in [0.4, 0.5) is 0 Å². The molecule has 104 valence electrons. The van der Waals surface area contributed by atoms with Crippen LogP contribution >= 0.6 is 11.8 Å². The molecule has 1 rings (SSSR count). The van der Waals surface area contributed by atoms with Crippen molar-refractivity contribution in [1.82, 2.24) is 10.2 Å². The summed E-state index contributed by atoms with van der Waals surface area (Å²) in [5.74, 6) is -0.235. The number of hydrogen-bond donors (Lipinski definition) is 1. The summed E-state index contributed by atoms with van der Waals surface area (Å²) >= 11 is 1.48. The number of benzene rings is 1. The molecular weight excluding hydrogens is 260 g/mol. The van der Waals surface area contributed by atoms with E-state index in [1.54, 1.807) is 14.1 Å². The van der Waals surface area contributed by atoms with Crippen molar-refractivity contribution in [1.29, 1.82) is 0 Å². The summed E-state index contributed by atoms with van der Waals surface area (Å²) in [6.45, 7) is 3.90. The molecule has 0 saturated carbocycles. The van der Waals surface area contributed by atoms with E-state index in [1.165, 1.54) is 22.2 Å². The summed E-state index contributed by atoms with van der Waals surface area (Å²) in [5, 5.41) is 2.42. The molecule has 19 heavy (non-hydrogen) atoms. The number of aryl methyl sites for hydroxylation is 1. The maximum absolute atomic E-state index is 11.8. The Labute approximate surface area is 118 Å². The van der Waals surface area contributed by atoms with Gasteiger partial charge >= 0.3 is 0 Å². The normalized spacial score (nSPS) is 11.8. The van der Waals surface area contributed by atoms with Crippen LogP contribution < -0.4 is 5.32 Å². The van der Waals surface area contributed by atoms with Crippen molar-refractivity contribution in [2.45, 2.75) is 24.0 Å². The molecule has 0 aliphatic rings. The van der Waals surface area contributed by atoms with Crippen molar-refractivity contribution < 1.29 is 9.59 Å². The molecule has 1 aromatic carbocycles. The second-order valence-electron chi connectivity index (χ2n) is 4.58. The highest BCUT2D eigenvalue weighted by Crippen LogP contribution is 2.23. The van der Waals surface area contributed by atoms with Gasteiger partial charge in [0, 0.05) is 19.0 Å². The number of rotatable bonds is 5. The van der Waals surface area contributed by atoms with Crippen LogP contribution in [0.2, 0.25) is 0 Å². The first kappa shape index (κ1) is 15.6. The smallest absolute Gasteiger partial charge is 0.241 e. The van der Waals surface area contributed by atoms with E-state index < -0.39 is 0 Å². The Morgan fingerprint density at radius 3 is 2.37 bits per heavy atom. The van der Waals surface area contributed by atoms with Crippen molar-refractivity contribution in [3.8, 4) is 0 Å². The van der Waals surface area contributed by atoms with Gasteiger partial charge in [-0.2, -0.15) is 0 Å². The van der Waals surface area contributed by atoms with E-state index >= 15 is 0 Å². The second-order valence-corrected chi connectivity index (χ2v) is 5.99. The van der Waals surface area contributed by atoms with E-state index in [0.717, 1.165) is 4.90 Å². The van der Waals surface area contributed by atoms with E-state index in [0.29, 0.717) is 0 Å². The van der Waals surface area contributed by atoms with Crippen LogP contribution in [0.25, 0.3) is 0 Å². The van der Waals surface area contributed by atoms with Gasteiger partial charge in [0.15, 0.2) is 0 Å². The standard InChI is InChI=1S/C14H20N2O2S/c1-10-5-7-12(8-6-10)19-11(2)14(18)15-9-13(17)16(3)4/h5-8,11H,9H2,1-4H3,(H,15,18). The molecule has 1 aromatic rings. The van der Waals surface area contributed by atoms with E-state index in [1.807, 2.05) is 38.1 Å². The number of thioether (sulfide) groups is 1. The molecule has 4 nitrogen and oxygen atoms in total. The summed E-state index contributed by atoms with van der Waals surface area (Å²) in [5.41, 5.74) is 1.19. The van der Waals surface area contributed by atoms with Crippen molar-refractivity contribution in [3.63, 3.8) is 0 Å². The van der Waals surface area contributed by atoms with Crippen molar-refractivity contribution in [3.05, 3.63) is 29.8 Å². The number of amides is 2. The molecule has 0 aliphatic carbocycles. The molecule has 0 aliphatic heterocycles. The molecule has 0 heterocycles. The molecule has 0 spiro atoms. The highest BCUT2D eigenvalue weighted by atomic mass is 32.2. The first-order chi connectivity index (χ1) is 8.90. The SMILES string of the molecule is Cc1ccc(SC(C)C(=O)NCC(=O)N(C)C)cc1. The lowest BCUT2D eigenvalue weighted by Gasteiger charge is -2.14. The van der Waals surface area contributed by atoms with Gasteiger partial charge < -0.3 is 10.2 Å². The van der Waals surface area contributed by atoms with Crippen LogP contribution in [0, 0.1) is 6.92 Å². The quantitative estimate of drug-likeness (QED) is 0.835. The Kier molecular flexibility index (Phi) is 5.89. The van der Waals surface area contributed by atoms with Gasteiger partial charge in [-0.1, -0.05) is 17.7 Å². The number of nitrogens with zero attached hydrogens (tertiary/aromatic N) is 1. The fourth-order valence-electron chi connectivity index (χ4n) is 1.34. The minimum atomic E-state index is -0.224. The molecule has 0 bridgehead atoms. The molecule has 1 unspecified atom stereocenters. The molecular formula is C14H20N2O2S. The number of likely N-dealkylation sites (N-methyl/N-ethyl adjacent to an activating group) is 1. The highest BCUT2D eigenvalue weighted by molar-refractivity contribution is 8.00. The van der Waals surface area contributed by atoms with Crippen LogP contribution in [-0.2, 0) is 9.59 Å². The number of nitrogens with one attached hydrogen (secondary N) is 1. The van der Waals surface area contributed by atoms with Gasteiger partial charge in [0.1, 0.15) is 0 Å². The lowest BCUT2D eigenvalue weighted by molar-refractivity contribution is -0.130. The lowest BCUT2D eigenvalue weighted by Crippen LogP contribution is -2.39. The molecule has 5 heteroatoms. The monoisotopic (exact) mass is 280 g/mol. The van der Waals surface area contributed by atoms with E-state index in [2.05, 4.69) is 5.32 Å². The van der Waals surface area contributed by atoms with Crippen LogP contribution in [0.15, 0.2) is 29.2 Å². The molecule has 1 N–H and O–H groups in total. The van der Waals surface area contributed by atoms with E-state index in [-0.39, 0.29) is 23.6 Å². The summed E-state index contributed by atoms with van der Waals surface area (Å²) in [7, 11) is 3.33. The van der Waals surface area contributed by atoms with Gasteiger partial charge in [0.05, 0.1) is 11.8 Å². The van der Waals surface area contributed by atoms with Gasteiger partial charge in [-0.05, 0) is 26.0 Å². The zero-order chi connectivity index (χ0) is 14.4. The highest BCUT2D eigenvalue weighted by Gasteiger charge is 2.15. The Morgan fingerprint density at radius 2 is 1.84 bits per heavy atom. The van der Waals surface area contributed by atoms with Crippen LogP contribution in [-0.4, -0.2) is 42.6 Å². The second kappa shape index (κ2) is 7.19. The first-order valence-corrected chi connectivity index (χ1v) is 6.99. The largest absolute Gasteiger partial charge is 0.347 e. The Balaban J connectivity index is 2.44. The third-order valence-electron chi connectivity index (χ3n) is 2.62. The summed E-state index contributed by atoms with van der Waals surface area (Å²) in [4.78, 5) is 25.7. The van der Waals surface area contributed by atoms with Crippen LogP contribution in [0.1, 0.15) is 12.5 Å². The summed E-state index contributed by atoms with van der Waals surface area (Å²) in [6.07, 6.45) is 0. The van der Waals surface area contributed by atoms with Gasteiger partial charge in [-0.3, -0.25) is 9.59 Å². The fourth-order valence-corrected chi connectivity index (χ4v) is 2.23. The maximum atomic E-state index is 11.8. The van der Waals surface area contributed by atoms with Crippen LogP contribution in [0.3, 0.4) is 0 Å². The van der Waals surface area contributed by atoms with E-state index in [4.69, 9.17) is 0 Å². The Morgan fingerprint density at radius 1 is 1.26 bits per heavy atom. The first-order valence-electron chi connectivity index (χ1n) is 6.11. The minimum absolute atomic E-state index is 0.0463. The number of carbonyl (C=O) groups is 2. The zero-order valence-corrected chi connectivity index (χ0v) is 12.6. The zero-order valence-electron chi connectivity index (χ0n) is 11.8. The van der Waals surface area contributed by atoms with Gasteiger partial charge in [0.2, 0.25) is 11.8 Å². The predicted octanol–water partition coefficient (Wildman–Crippen LogP) is 1.68. The van der Waals surface area contributed by atoms with E-state index in [9.17, 15) is 9.59 Å². The average Bonchev–Trinajstić information content (AvgIpc) is 2.37. The average molecular weight is 280 g/mol. The molecule has 0 fully saturated rings. The van der Waals surface area contributed by atoms with Crippen molar-refractivity contribution >= 4 is 23.6 Å². The molecule has 0 saturated heterocycles. The van der Waals surface area contributed by atoms with Gasteiger partial charge in [-0.15, -0.1) is 11.8 Å². The summed E-state index contributed by atoms with van der Waals surface area (Å²) in [6, 6.07) is 8.02. The maximum Gasteiger partial charge on any atom is 0.241 e. The predicted molar refractivity (Wildman–Crippen MR) is 78.2 cm³/mol.